The highest BCUT2D eigenvalue weighted by Crippen LogP contribution is 2.25. The van der Waals surface area contributed by atoms with Crippen molar-refractivity contribution in [1.29, 1.82) is 0 Å². The third-order valence-corrected chi connectivity index (χ3v) is 2.63. The van der Waals surface area contributed by atoms with Crippen LogP contribution in [0.25, 0.3) is 0 Å². The van der Waals surface area contributed by atoms with Crippen molar-refractivity contribution in [2.24, 2.45) is 0 Å². The van der Waals surface area contributed by atoms with E-state index in [-0.39, 0.29) is 6.08 Å². The molecule has 0 radical (unpaired) electrons. The lowest BCUT2D eigenvalue weighted by Gasteiger charge is -2.05. The normalized spacial score (nSPS) is 10.6. The Hall–Kier alpha value is -1.81. The zero-order chi connectivity index (χ0) is 13.0. The quantitative estimate of drug-likeness (QED) is 0.880. The summed E-state index contributed by atoms with van der Waals surface area (Å²) in [5.41, 5.74) is 3.05. The lowest BCUT2D eigenvalue weighted by atomic mass is 10.1. The van der Waals surface area contributed by atoms with Gasteiger partial charge in [-0.25, -0.2) is 0 Å². The second-order valence-electron chi connectivity index (χ2n) is 4.26. The molecule has 4 heteroatoms. The fraction of sp³-hybridized carbons (Fsp3) is 0.357. The number of hydrogen-bond acceptors (Lipinski definition) is 4. The van der Waals surface area contributed by atoms with E-state index < -0.39 is 0 Å². The van der Waals surface area contributed by atoms with Crippen LogP contribution in [-0.4, -0.2) is 11.5 Å². The summed E-state index contributed by atoms with van der Waals surface area (Å²) in [6.45, 7) is 7.67. The average molecular weight is 246 g/mol. The summed E-state index contributed by atoms with van der Waals surface area (Å²) in [6.07, 6.45) is 1.90. The van der Waals surface area contributed by atoms with Crippen molar-refractivity contribution in [3.8, 4) is 11.8 Å². The Kier molecular flexibility index (Phi) is 3.99. The van der Waals surface area contributed by atoms with Crippen LogP contribution in [0.2, 0.25) is 0 Å². The fourth-order valence-corrected chi connectivity index (χ4v) is 1.58. The van der Waals surface area contributed by atoms with Crippen molar-refractivity contribution in [1.82, 2.24) is 10.3 Å². The third-order valence-electron chi connectivity index (χ3n) is 2.63. The monoisotopic (exact) mass is 246 g/mol. The zero-order valence-electron chi connectivity index (χ0n) is 11.0. The number of oxazole rings is 1. The second-order valence-corrected chi connectivity index (χ2v) is 4.26. The maximum Gasteiger partial charge on any atom is 0.399 e. The Bertz CT molecular complexity index is 520. The Balaban J connectivity index is 2.08. The minimum atomic E-state index is 0.289. The standard InChI is InChI=1S/C14H18N2O2/c1-4-15-8-12-9-17-14(16-12)18-13-7-10(2)5-6-11(13)3/h5-7,9,15H,4,8H2,1-3H3. The van der Waals surface area contributed by atoms with E-state index >= 15 is 0 Å². The first-order valence-electron chi connectivity index (χ1n) is 6.09. The molecule has 0 saturated carbocycles. The van der Waals surface area contributed by atoms with Crippen molar-refractivity contribution in [2.75, 3.05) is 6.54 Å². The van der Waals surface area contributed by atoms with E-state index in [0.717, 1.165) is 29.1 Å². The van der Waals surface area contributed by atoms with Crippen LogP contribution in [-0.2, 0) is 6.54 Å². The number of aryl methyl sites for hydroxylation is 2. The van der Waals surface area contributed by atoms with Gasteiger partial charge in [0.05, 0.1) is 5.69 Å². The van der Waals surface area contributed by atoms with E-state index in [1.54, 1.807) is 6.26 Å². The Labute approximate surface area is 107 Å². The first-order chi connectivity index (χ1) is 8.69. The molecule has 0 aliphatic rings. The Morgan fingerprint density at radius 3 is 2.94 bits per heavy atom. The molecule has 0 spiro atoms. The molecule has 0 aliphatic carbocycles. The number of aromatic nitrogens is 1. The van der Waals surface area contributed by atoms with Gasteiger partial charge in [-0.3, -0.25) is 0 Å². The number of ether oxygens (including phenoxy) is 1. The maximum atomic E-state index is 5.65. The van der Waals surface area contributed by atoms with Crippen LogP contribution < -0.4 is 10.1 Å². The largest absolute Gasteiger partial charge is 0.417 e. The molecule has 2 aromatic rings. The molecule has 0 saturated heterocycles. The summed E-state index contributed by atoms with van der Waals surface area (Å²) < 4.78 is 10.9. The Morgan fingerprint density at radius 1 is 1.33 bits per heavy atom. The van der Waals surface area contributed by atoms with Crippen LogP contribution in [0.4, 0.5) is 0 Å². The van der Waals surface area contributed by atoms with E-state index in [4.69, 9.17) is 9.15 Å². The summed E-state index contributed by atoms with van der Waals surface area (Å²) >= 11 is 0. The second kappa shape index (κ2) is 5.69. The first-order valence-corrected chi connectivity index (χ1v) is 6.09. The number of nitrogens with one attached hydrogen (secondary N) is 1. The lowest BCUT2D eigenvalue weighted by Crippen LogP contribution is -2.11. The molecule has 0 bridgehead atoms. The molecular formula is C14H18N2O2. The van der Waals surface area contributed by atoms with Crippen molar-refractivity contribution in [3.05, 3.63) is 41.3 Å². The highest BCUT2D eigenvalue weighted by molar-refractivity contribution is 5.37. The fourth-order valence-electron chi connectivity index (χ4n) is 1.58. The van der Waals surface area contributed by atoms with Gasteiger partial charge in [0.25, 0.3) is 0 Å². The molecule has 18 heavy (non-hydrogen) atoms. The van der Waals surface area contributed by atoms with Crippen LogP contribution in [0, 0.1) is 13.8 Å². The average Bonchev–Trinajstić information content (AvgIpc) is 2.79. The number of rotatable bonds is 5. The Morgan fingerprint density at radius 2 is 2.17 bits per heavy atom. The van der Waals surface area contributed by atoms with Gasteiger partial charge in [0.15, 0.2) is 0 Å². The van der Waals surface area contributed by atoms with Gasteiger partial charge >= 0.3 is 6.08 Å². The van der Waals surface area contributed by atoms with Crippen LogP contribution >= 0.6 is 0 Å². The minimum absolute atomic E-state index is 0.289. The molecule has 0 unspecified atom stereocenters. The molecule has 0 amide bonds. The summed E-state index contributed by atoms with van der Waals surface area (Å²) in [7, 11) is 0. The summed E-state index contributed by atoms with van der Waals surface area (Å²) in [4.78, 5) is 4.26. The molecule has 1 N–H and O–H groups in total. The lowest BCUT2D eigenvalue weighted by molar-refractivity contribution is 0.329. The van der Waals surface area contributed by atoms with Gasteiger partial charge in [-0.05, 0) is 37.6 Å². The van der Waals surface area contributed by atoms with E-state index in [1.165, 1.54) is 0 Å². The summed E-state index contributed by atoms with van der Waals surface area (Å²) in [6, 6.07) is 6.05. The highest BCUT2D eigenvalue weighted by atomic mass is 16.6. The molecule has 1 heterocycles. The van der Waals surface area contributed by atoms with Gasteiger partial charge in [-0.2, -0.15) is 4.98 Å². The first kappa shape index (κ1) is 12.6. The number of benzene rings is 1. The van der Waals surface area contributed by atoms with Crippen LogP contribution in [0.15, 0.2) is 28.9 Å². The van der Waals surface area contributed by atoms with Gasteiger partial charge in [0.1, 0.15) is 12.0 Å². The third kappa shape index (κ3) is 3.11. The van der Waals surface area contributed by atoms with Gasteiger partial charge in [0, 0.05) is 6.54 Å². The molecule has 1 aromatic heterocycles. The van der Waals surface area contributed by atoms with Crippen LogP contribution in [0.1, 0.15) is 23.7 Å². The number of hydrogen-bond donors (Lipinski definition) is 1. The molecule has 0 atom stereocenters. The molecule has 4 nitrogen and oxygen atoms in total. The molecule has 0 fully saturated rings. The van der Waals surface area contributed by atoms with Crippen LogP contribution in [0.3, 0.4) is 0 Å². The SMILES string of the molecule is CCNCc1coc(Oc2cc(C)ccc2C)n1. The minimum Gasteiger partial charge on any atom is -0.417 e. The smallest absolute Gasteiger partial charge is 0.399 e. The van der Waals surface area contributed by atoms with Crippen molar-refractivity contribution in [2.45, 2.75) is 27.3 Å². The summed E-state index contributed by atoms with van der Waals surface area (Å²) in [5.74, 6) is 0.784. The summed E-state index contributed by atoms with van der Waals surface area (Å²) in [5, 5.41) is 3.18. The molecule has 96 valence electrons. The van der Waals surface area contributed by atoms with Gasteiger partial charge < -0.3 is 14.5 Å². The van der Waals surface area contributed by atoms with E-state index in [1.807, 2.05) is 39.0 Å². The molecule has 1 aromatic carbocycles. The predicted molar refractivity (Wildman–Crippen MR) is 69.9 cm³/mol. The highest BCUT2D eigenvalue weighted by Gasteiger charge is 2.08. The predicted octanol–water partition coefficient (Wildman–Crippen LogP) is 3.19. The van der Waals surface area contributed by atoms with Crippen molar-refractivity contribution < 1.29 is 9.15 Å². The zero-order valence-corrected chi connectivity index (χ0v) is 11.0. The molecule has 2 rings (SSSR count). The van der Waals surface area contributed by atoms with E-state index in [9.17, 15) is 0 Å². The van der Waals surface area contributed by atoms with E-state index in [2.05, 4.69) is 10.3 Å². The molecular weight excluding hydrogens is 228 g/mol. The van der Waals surface area contributed by atoms with E-state index in [0.29, 0.717) is 6.54 Å². The molecule has 0 aliphatic heterocycles. The van der Waals surface area contributed by atoms with Crippen LogP contribution in [0.5, 0.6) is 11.8 Å². The van der Waals surface area contributed by atoms with Gasteiger partial charge in [-0.15, -0.1) is 0 Å². The maximum absolute atomic E-state index is 5.65. The van der Waals surface area contributed by atoms with Crippen molar-refractivity contribution in [3.63, 3.8) is 0 Å². The van der Waals surface area contributed by atoms with Gasteiger partial charge in [-0.1, -0.05) is 19.1 Å². The van der Waals surface area contributed by atoms with Gasteiger partial charge in [0.2, 0.25) is 0 Å². The topological polar surface area (TPSA) is 47.3 Å². The van der Waals surface area contributed by atoms with Crippen molar-refractivity contribution >= 4 is 0 Å². The number of nitrogens with zero attached hydrogens (tertiary/aromatic N) is 1.